The molecular weight excluding hydrogens is 238 g/mol. The summed E-state index contributed by atoms with van der Waals surface area (Å²) in [6.07, 6.45) is 3.35. The number of nitrogens with zero attached hydrogens (tertiary/aromatic N) is 3. The van der Waals surface area contributed by atoms with Crippen LogP contribution in [-0.2, 0) is 13.0 Å². The van der Waals surface area contributed by atoms with Gasteiger partial charge < -0.3 is 14.4 Å². The maximum atomic E-state index is 10.7. The summed E-state index contributed by atoms with van der Waals surface area (Å²) in [5.74, 6) is 0.226. The summed E-state index contributed by atoms with van der Waals surface area (Å²) in [6, 6.07) is 1.38. The molecule has 7 nitrogen and oxygen atoms in total. The minimum atomic E-state index is -1.06. The predicted octanol–water partition coefficient (Wildman–Crippen LogP) is 1.30. The van der Waals surface area contributed by atoms with Gasteiger partial charge in [0.15, 0.2) is 12.4 Å². The highest BCUT2D eigenvalue weighted by Gasteiger charge is 2.08. The van der Waals surface area contributed by atoms with E-state index in [9.17, 15) is 4.79 Å². The lowest BCUT2D eigenvalue weighted by atomic mass is 10.3. The molecule has 0 radical (unpaired) electrons. The molecule has 0 aliphatic carbocycles. The Morgan fingerprint density at radius 3 is 3.00 bits per heavy atom. The molecule has 0 bridgehead atoms. The average Bonchev–Trinajstić information content (AvgIpc) is 2.84. The van der Waals surface area contributed by atoms with Crippen molar-refractivity contribution >= 4 is 5.97 Å². The van der Waals surface area contributed by atoms with Crippen molar-refractivity contribution in [2.24, 2.45) is 0 Å². The molecule has 2 heterocycles. The number of pyridine rings is 1. The fourth-order valence-corrected chi connectivity index (χ4v) is 1.25. The molecule has 0 aliphatic rings. The normalized spacial score (nSPS) is 10.3. The Morgan fingerprint density at radius 2 is 2.33 bits per heavy atom. The summed E-state index contributed by atoms with van der Waals surface area (Å²) in [5.41, 5.74) is 0.0623. The number of carbonyl (C=O) groups is 1. The highest BCUT2D eigenvalue weighted by Crippen LogP contribution is 2.13. The first-order chi connectivity index (χ1) is 8.69. The number of aromatic carboxylic acids is 1. The first-order valence-electron chi connectivity index (χ1n) is 5.31. The Labute approximate surface area is 102 Å². The maximum absolute atomic E-state index is 10.7. The van der Waals surface area contributed by atoms with Gasteiger partial charge in [0.25, 0.3) is 5.89 Å². The van der Waals surface area contributed by atoms with Crippen molar-refractivity contribution in [1.82, 2.24) is 15.1 Å². The first kappa shape index (κ1) is 12.0. The molecule has 1 N–H and O–H groups in total. The summed E-state index contributed by atoms with van der Waals surface area (Å²) in [6.45, 7) is 1.99. The molecule has 7 heteroatoms. The van der Waals surface area contributed by atoms with Crippen molar-refractivity contribution in [3.05, 3.63) is 35.7 Å². The highest BCUT2D eigenvalue weighted by atomic mass is 16.5. The van der Waals surface area contributed by atoms with Crippen molar-refractivity contribution in [2.45, 2.75) is 20.0 Å². The summed E-state index contributed by atoms with van der Waals surface area (Å²) < 4.78 is 10.3. The maximum Gasteiger partial charge on any atom is 0.337 e. The van der Waals surface area contributed by atoms with Gasteiger partial charge in [-0.1, -0.05) is 12.1 Å². The van der Waals surface area contributed by atoms with Gasteiger partial charge in [-0.3, -0.25) is 4.98 Å². The van der Waals surface area contributed by atoms with Crippen LogP contribution in [0.3, 0.4) is 0 Å². The van der Waals surface area contributed by atoms with E-state index >= 15 is 0 Å². The number of ether oxygens (including phenoxy) is 1. The van der Waals surface area contributed by atoms with Crippen LogP contribution in [0.5, 0.6) is 5.75 Å². The number of hydrogen-bond acceptors (Lipinski definition) is 6. The highest BCUT2D eigenvalue weighted by molar-refractivity contribution is 5.87. The van der Waals surface area contributed by atoms with Crippen LogP contribution in [0.15, 0.2) is 23.0 Å². The second-order valence-electron chi connectivity index (χ2n) is 3.46. The molecule has 0 amide bonds. The van der Waals surface area contributed by atoms with E-state index in [0.717, 1.165) is 0 Å². The van der Waals surface area contributed by atoms with Gasteiger partial charge in [-0.25, -0.2) is 4.79 Å². The fourth-order valence-electron chi connectivity index (χ4n) is 1.25. The molecule has 0 aromatic carbocycles. The Morgan fingerprint density at radius 1 is 1.50 bits per heavy atom. The van der Waals surface area contributed by atoms with Crippen LogP contribution >= 0.6 is 0 Å². The number of aryl methyl sites for hydroxylation is 1. The van der Waals surface area contributed by atoms with E-state index in [2.05, 4.69) is 15.1 Å². The van der Waals surface area contributed by atoms with Crippen molar-refractivity contribution in [2.75, 3.05) is 0 Å². The van der Waals surface area contributed by atoms with E-state index in [1.807, 2.05) is 6.92 Å². The quantitative estimate of drug-likeness (QED) is 0.852. The summed E-state index contributed by atoms with van der Waals surface area (Å²) in [7, 11) is 0. The number of rotatable bonds is 5. The molecule has 2 aromatic rings. The topological polar surface area (TPSA) is 98.3 Å². The fraction of sp³-hybridized carbons (Fsp3) is 0.273. The second-order valence-corrected chi connectivity index (χ2v) is 3.46. The number of hydrogen-bond donors (Lipinski definition) is 1. The summed E-state index contributed by atoms with van der Waals surface area (Å²) in [5, 5.41) is 12.5. The van der Waals surface area contributed by atoms with Crippen LogP contribution in [-0.4, -0.2) is 26.2 Å². The molecule has 0 fully saturated rings. The molecule has 0 saturated carbocycles. The summed E-state index contributed by atoms with van der Waals surface area (Å²) >= 11 is 0. The number of carboxylic acid groups (broad SMARTS) is 1. The largest absolute Gasteiger partial charge is 0.482 e. The van der Waals surface area contributed by atoms with E-state index in [4.69, 9.17) is 14.4 Å². The number of carboxylic acids is 1. The zero-order chi connectivity index (χ0) is 13.0. The second kappa shape index (κ2) is 5.26. The van der Waals surface area contributed by atoms with Crippen molar-refractivity contribution in [3.63, 3.8) is 0 Å². The van der Waals surface area contributed by atoms with Gasteiger partial charge in [0.2, 0.25) is 0 Å². The molecular formula is C11H11N3O4. The van der Waals surface area contributed by atoms with Crippen LogP contribution in [0.1, 0.15) is 29.0 Å². The van der Waals surface area contributed by atoms with Gasteiger partial charge in [-0.2, -0.15) is 4.98 Å². The van der Waals surface area contributed by atoms with E-state index < -0.39 is 5.97 Å². The van der Waals surface area contributed by atoms with Crippen molar-refractivity contribution in [3.8, 4) is 5.75 Å². The van der Waals surface area contributed by atoms with E-state index in [1.165, 1.54) is 18.5 Å². The molecule has 0 unspecified atom stereocenters. The van der Waals surface area contributed by atoms with Crippen LogP contribution < -0.4 is 4.74 Å². The molecule has 0 aliphatic heterocycles. The van der Waals surface area contributed by atoms with Crippen LogP contribution in [0.2, 0.25) is 0 Å². The van der Waals surface area contributed by atoms with E-state index in [1.54, 1.807) is 0 Å². The zero-order valence-corrected chi connectivity index (χ0v) is 9.66. The molecule has 94 valence electrons. The molecule has 0 spiro atoms. The lowest BCUT2D eigenvalue weighted by Crippen LogP contribution is -2.00. The standard InChI is InChI=1S/C11H11N3O4/c1-2-9-13-10(18-14-9)6-17-8-3-7(11(15)16)4-12-5-8/h3-5H,2,6H2,1H3,(H,15,16). The van der Waals surface area contributed by atoms with Gasteiger partial charge in [0.05, 0.1) is 11.8 Å². The Kier molecular flexibility index (Phi) is 3.52. The summed E-state index contributed by atoms with van der Waals surface area (Å²) in [4.78, 5) is 18.6. The molecule has 2 rings (SSSR count). The Bertz CT molecular complexity index is 553. The van der Waals surface area contributed by atoms with Gasteiger partial charge in [0, 0.05) is 12.6 Å². The minimum absolute atomic E-state index is 0.0623. The monoisotopic (exact) mass is 249 g/mol. The first-order valence-corrected chi connectivity index (χ1v) is 5.31. The third-order valence-electron chi connectivity index (χ3n) is 2.15. The average molecular weight is 249 g/mol. The molecule has 0 atom stereocenters. The van der Waals surface area contributed by atoms with Crippen LogP contribution in [0.25, 0.3) is 0 Å². The lowest BCUT2D eigenvalue weighted by Gasteiger charge is -2.02. The molecule has 18 heavy (non-hydrogen) atoms. The van der Waals surface area contributed by atoms with Gasteiger partial charge >= 0.3 is 5.97 Å². The van der Waals surface area contributed by atoms with Crippen LogP contribution in [0.4, 0.5) is 0 Å². The van der Waals surface area contributed by atoms with Crippen molar-refractivity contribution < 1.29 is 19.2 Å². The van der Waals surface area contributed by atoms with Gasteiger partial charge in [0.1, 0.15) is 5.75 Å². The van der Waals surface area contributed by atoms with Crippen molar-refractivity contribution in [1.29, 1.82) is 0 Å². The minimum Gasteiger partial charge on any atom is -0.482 e. The lowest BCUT2D eigenvalue weighted by molar-refractivity contribution is 0.0696. The van der Waals surface area contributed by atoms with Gasteiger partial charge in [-0.05, 0) is 6.07 Å². The van der Waals surface area contributed by atoms with E-state index in [0.29, 0.717) is 23.9 Å². The Balaban J connectivity index is 2.01. The SMILES string of the molecule is CCc1noc(COc2cncc(C(=O)O)c2)n1. The third-order valence-corrected chi connectivity index (χ3v) is 2.15. The van der Waals surface area contributed by atoms with Crippen LogP contribution in [0, 0.1) is 0 Å². The van der Waals surface area contributed by atoms with Gasteiger partial charge in [-0.15, -0.1) is 0 Å². The molecule has 2 aromatic heterocycles. The Hall–Kier alpha value is -2.44. The third kappa shape index (κ3) is 2.82. The molecule has 0 saturated heterocycles. The zero-order valence-electron chi connectivity index (χ0n) is 9.66. The number of aromatic nitrogens is 3. The smallest absolute Gasteiger partial charge is 0.337 e. The van der Waals surface area contributed by atoms with E-state index in [-0.39, 0.29) is 12.2 Å². The predicted molar refractivity (Wildman–Crippen MR) is 59.2 cm³/mol.